The van der Waals surface area contributed by atoms with E-state index in [1.807, 2.05) is 12.1 Å². The Hall–Kier alpha value is -6.26. The highest BCUT2D eigenvalue weighted by Gasteiger charge is 2.30. The van der Waals surface area contributed by atoms with Crippen LogP contribution in [-0.4, -0.2) is 19.6 Å². The standard InChI is InChI=1S/C62H69N3O/c1-39(2)31-40-23-28-54(50(32-40)42-19-16-15-17-20-42)65-55-22-18-21-49(56(55)64-58(65)51-37-48(61(9,10)11)38-52(57(51)66)62(12,13)14)44-33-45(35-47(34-44)60(6,7)8)53-36-43(29-30-63-53)41-24-26-46(27-25-41)59(3,4)5/h15-30,32-39,66H,31H2,1-14H3/i3D3,4D3,5D3. The third-order valence-electron chi connectivity index (χ3n) is 12.6. The summed E-state index contributed by atoms with van der Waals surface area (Å²) >= 11 is 0. The van der Waals surface area contributed by atoms with E-state index in [0.29, 0.717) is 34.1 Å². The average Bonchev–Trinajstić information content (AvgIpc) is 3.69. The van der Waals surface area contributed by atoms with Crippen molar-refractivity contribution in [3.05, 3.63) is 167 Å². The van der Waals surface area contributed by atoms with Crippen LogP contribution in [0, 0.1) is 5.92 Å². The van der Waals surface area contributed by atoms with Crippen molar-refractivity contribution in [2.75, 3.05) is 0 Å². The lowest BCUT2D eigenvalue weighted by atomic mass is 9.79. The van der Waals surface area contributed by atoms with Crippen LogP contribution in [0.2, 0.25) is 0 Å². The Morgan fingerprint density at radius 2 is 1.23 bits per heavy atom. The maximum Gasteiger partial charge on any atom is 0.149 e. The third kappa shape index (κ3) is 9.38. The first-order valence-electron chi connectivity index (χ1n) is 27.5. The molecule has 0 aliphatic rings. The maximum atomic E-state index is 12.6. The topological polar surface area (TPSA) is 50.9 Å². The monoisotopic (exact) mass is 881 g/mol. The molecule has 2 heterocycles. The molecule has 8 rings (SSSR count). The van der Waals surface area contributed by atoms with Crippen LogP contribution in [0.25, 0.3) is 72.7 Å². The number of nitrogens with zero attached hydrogens (tertiary/aromatic N) is 3. The number of rotatable bonds is 8. The molecule has 0 bridgehead atoms. The molecule has 0 saturated carbocycles. The van der Waals surface area contributed by atoms with Gasteiger partial charge in [-0.1, -0.05) is 182 Å². The number of imidazole rings is 1. The van der Waals surface area contributed by atoms with Gasteiger partial charge in [-0.2, -0.15) is 0 Å². The zero-order valence-corrected chi connectivity index (χ0v) is 40.4. The Balaban J connectivity index is 1.37. The van der Waals surface area contributed by atoms with Crippen LogP contribution in [0.5, 0.6) is 5.75 Å². The molecule has 0 amide bonds. The maximum absolute atomic E-state index is 12.6. The lowest BCUT2D eigenvalue weighted by Crippen LogP contribution is -2.17. The molecule has 2 aromatic heterocycles. The van der Waals surface area contributed by atoms with Gasteiger partial charge in [0.2, 0.25) is 0 Å². The van der Waals surface area contributed by atoms with Crippen LogP contribution in [0.15, 0.2) is 140 Å². The molecule has 0 fully saturated rings. The zero-order chi connectivity index (χ0) is 55.0. The number of pyridine rings is 1. The summed E-state index contributed by atoms with van der Waals surface area (Å²) in [6.07, 6.45) is 2.60. The highest BCUT2D eigenvalue weighted by Crippen LogP contribution is 2.46. The van der Waals surface area contributed by atoms with E-state index in [0.717, 1.165) is 67.6 Å². The zero-order valence-electron chi connectivity index (χ0n) is 49.4. The van der Waals surface area contributed by atoms with Gasteiger partial charge in [0.25, 0.3) is 0 Å². The fraction of sp³-hybridized carbons (Fsp3) is 0.323. The first-order valence-corrected chi connectivity index (χ1v) is 23.0. The molecule has 1 N–H and O–H groups in total. The third-order valence-corrected chi connectivity index (χ3v) is 12.6. The molecule has 0 saturated heterocycles. The van der Waals surface area contributed by atoms with Gasteiger partial charge in [-0.3, -0.25) is 9.55 Å². The predicted molar refractivity (Wildman–Crippen MR) is 281 cm³/mol. The molecular weight excluding hydrogens is 803 g/mol. The van der Waals surface area contributed by atoms with Gasteiger partial charge in [0.1, 0.15) is 11.6 Å². The number of para-hydroxylation sites is 1. The van der Waals surface area contributed by atoms with Crippen LogP contribution in [0.3, 0.4) is 0 Å². The van der Waals surface area contributed by atoms with Crippen molar-refractivity contribution in [1.29, 1.82) is 0 Å². The largest absolute Gasteiger partial charge is 0.507 e. The molecule has 0 aliphatic heterocycles. The van der Waals surface area contributed by atoms with Crippen molar-refractivity contribution >= 4 is 11.0 Å². The molecule has 0 unspecified atom stereocenters. The van der Waals surface area contributed by atoms with Gasteiger partial charge in [-0.15, -0.1) is 0 Å². The quantitative estimate of drug-likeness (QED) is 0.165. The van der Waals surface area contributed by atoms with Crippen LogP contribution < -0.4 is 0 Å². The second-order valence-corrected chi connectivity index (χ2v) is 21.5. The van der Waals surface area contributed by atoms with E-state index >= 15 is 0 Å². The van der Waals surface area contributed by atoms with Crippen LogP contribution in [0.1, 0.15) is 137 Å². The van der Waals surface area contributed by atoms with Gasteiger partial charge in [0.05, 0.1) is 28.0 Å². The van der Waals surface area contributed by atoms with Gasteiger partial charge >= 0.3 is 0 Å². The van der Waals surface area contributed by atoms with Gasteiger partial charge < -0.3 is 5.11 Å². The molecule has 0 radical (unpaired) electrons. The van der Waals surface area contributed by atoms with Crippen LogP contribution in [0.4, 0.5) is 0 Å². The Labute approximate surface area is 407 Å². The highest BCUT2D eigenvalue weighted by atomic mass is 16.3. The number of hydrogen-bond acceptors (Lipinski definition) is 3. The van der Waals surface area contributed by atoms with Crippen LogP contribution in [-0.2, 0) is 28.1 Å². The molecule has 0 atom stereocenters. The Bertz CT molecular complexity index is 3360. The molecule has 0 spiro atoms. The number of aromatic nitrogens is 3. The summed E-state index contributed by atoms with van der Waals surface area (Å²) in [5, 5.41) is 12.6. The summed E-state index contributed by atoms with van der Waals surface area (Å²) in [5.41, 5.74) is 9.73. The molecule has 66 heavy (non-hydrogen) atoms. The summed E-state index contributed by atoms with van der Waals surface area (Å²) in [6.45, 7) is 13.8. The van der Waals surface area contributed by atoms with Crippen molar-refractivity contribution in [2.45, 2.75) is 125 Å². The van der Waals surface area contributed by atoms with Crippen molar-refractivity contribution in [2.24, 2.45) is 5.92 Å². The highest BCUT2D eigenvalue weighted by molar-refractivity contribution is 5.98. The molecular formula is C62H69N3O. The van der Waals surface area contributed by atoms with E-state index in [1.54, 1.807) is 24.4 Å². The first kappa shape index (κ1) is 35.9. The Morgan fingerprint density at radius 1 is 0.545 bits per heavy atom. The molecule has 4 nitrogen and oxygen atoms in total. The molecule has 8 aromatic rings. The first-order chi connectivity index (χ1) is 34.7. The second-order valence-electron chi connectivity index (χ2n) is 21.5. The number of fused-ring (bicyclic) bond motifs is 1. The summed E-state index contributed by atoms with van der Waals surface area (Å²) < 4.78 is 76.2. The number of phenols is 1. The minimum atomic E-state index is -3.37. The van der Waals surface area contributed by atoms with E-state index in [1.165, 1.54) is 17.7 Å². The van der Waals surface area contributed by atoms with Gasteiger partial charge in [0, 0.05) is 40.8 Å². The van der Waals surface area contributed by atoms with E-state index in [2.05, 4.69) is 172 Å². The summed E-state index contributed by atoms with van der Waals surface area (Å²) in [7, 11) is 0. The minimum Gasteiger partial charge on any atom is -0.507 e. The fourth-order valence-electron chi connectivity index (χ4n) is 8.84. The molecule has 4 heteroatoms. The number of hydrogen-bond donors (Lipinski definition) is 1. The van der Waals surface area contributed by atoms with E-state index < -0.39 is 26.0 Å². The van der Waals surface area contributed by atoms with Gasteiger partial charge in [-0.05, 0) is 127 Å². The van der Waals surface area contributed by atoms with E-state index in [-0.39, 0.29) is 27.6 Å². The molecule has 0 aliphatic carbocycles. The summed E-state index contributed by atoms with van der Waals surface area (Å²) in [4.78, 5) is 10.5. The summed E-state index contributed by atoms with van der Waals surface area (Å²) in [6, 6.07) is 43.5. The van der Waals surface area contributed by atoms with Crippen molar-refractivity contribution in [3.63, 3.8) is 0 Å². The lowest BCUT2D eigenvalue weighted by Gasteiger charge is -2.27. The van der Waals surface area contributed by atoms with E-state index in [9.17, 15) is 5.11 Å². The average molecular weight is 881 g/mol. The van der Waals surface area contributed by atoms with E-state index in [4.69, 9.17) is 22.3 Å². The smallest absolute Gasteiger partial charge is 0.149 e. The number of phenolic OH excluding ortho intramolecular Hbond substituents is 1. The SMILES string of the molecule is [2H]C([2H])([2H])C(c1ccc(-c2ccnc(-c3cc(-c4cccc5c4nc(-c4cc(C(C)(C)C)cc(C(C)(C)C)c4O)n5-c4ccc(CC(C)C)cc4-c4ccccc4)cc(C(C)(C)C)c3)c2)cc1)(C([2H])([2H])[2H])C([2H])([2H])[2H]. The molecule has 6 aromatic carbocycles. The Morgan fingerprint density at radius 3 is 1.88 bits per heavy atom. The van der Waals surface area contributed by atoms with Crippen molar-refractivity contribution < 1.29 is 17.4 Å². The number of benzene rings is 6. The number of aromatic hydroxyl groups is 1. The summed E-state index contributed by atoms with van der Waals surface area (Å²) in [5.74, 6) is 1.25. The van der Waals surface area contributed by atoms with Gasteiger partial charge in [0.15, 0.2) is 0 Å². The molecule has 338 valence electrons. The lowest BCUT2D eigenvalue weighted by molar-refractivity contribution is 0.446. The van der Waals surface area contributed by atoms with Crippen LogP contribution >= 0.6 is 0 Å². The second kappa shape index (κ2) is 17.2. The fourth-order valence-corrected chi connectivity index (χ4v) is 8.84. The van der Waals surface area contributed by atoms with Crippen molar-refractivity contribution in [3.8, 4) is 67.5 Å². The Kier molecular flexibility index (Phi) is 9.36. The normalized spacial score (nSPS) is 15.2. The van der Waals surface area contributed by atoms with Crippen molar-refractivity contribution in [1.82, 2.24) is 14.5 Å². The minimum absolute atomic E-state index is 0.190. The van der Waals surface area contributed by atoms with Gasteiger partial charge in [-0.25, -0.2) is 4.98 Å². The predicted octanol–water partition coefficient (Wildman–Crippen LogP) is 16.8.